The topological polar surface area (TPSA) is 83.7 Å². The number of carbonyl (C=O) groups is 1. The average molecular weight is 362 g/mol. The molecule has 6 nitrogen and oxygen atoms in total. The van der Waals surface area contributed by atoms with E-state index in [1.54, 1.807) is 6.07 Å². The van der Waals surface area contributed by atoms with E-state index in [9.17, 15) is 20.0 Å². The van der Waals surface area contributed by atoms with Crippen LogP contribution in [0.25, 0.3) is 0 Å². The number of hydrogen-bond acceptors (Lipinski definition) is 4. The molecule has 1 aliphatic rings. The minimum absolute atomic E-state index is 0.0986. The Labute approximate surface area is 117 Å². The number of aliphatic hydroxyl groups is 1. The SMILES string of the molecule is O=C(c1cc([N+](=O)[O-])ccc1I)N1CCC(O)C1. The van der Waals surface area contributed by atoms with Gasteiger partial charge in [-0.15, -0.1) is 0 Å². The van der Waals surface area contributed by atoms with Crippen molar-refractivity contribution in [3.8, 4) is 0 Å². The molecule has 18 heavy (non-hydrogen) atoms. The molecule has 2 rings (SSSR count). The van der Waals surface area contributed by atoms with Crippen molar-refractivity contribution in [2.24, 2.45) is 0 Å². The summed E-state index contributed by atoms with van der Waals surface area (Å²) in [6.07, 6.45) is 0.0577. The molecular formula is C11H11IN2O4. The molecule has 96 valence electrons. The van der Waals surface area contributed by atoms with Gasteiger partial charge in [-0.2, -0.15) is 0 Å². The number of non-ortho nitro benzene ring substituents is 1. The Hall–Kier alpha value is -1.22. The molecule has 0 radical (unpaired) electrons. The number of carbonyl (C=O) groups excluding carboxylic acids is 1. The summed E-state index contributed by atoms with van der Waals surface area (Å²) in [5, 5.41) is 20.1. The number of rotatable bonds is 2. The van der Waals surface area contributed by atoms with Gasteiger partial charge in [0.25, 0.3) is 11.6 Å². The second kappa shape index (κ2) is 5.19. The summed E-state index contributed by atoms with van der Waals surface area (Å²) in [6, 6.07) is 4.21. The Kier molecular flexibility index (Phi) is 3.81. The van der Waals surface area contributed by atoms with E-state index in [4.69, 9.17) is 0 Å². The zero-order chi connectivity index (χ0) is 13.3. The molecule has 0 saturated carbocycles. The predicted molar refractivity (Wildman–Crippen MR) is 72.3 cm³/mol. The first-order chi connectivity index (χ1) is 8.49. The fourth-order valence-corrected chi connectivity index (χ4v) is 2.45. The van der Waals surface area contributed by atoms with E-state index in [0.29, 0.717) is 22.1 Å². The number of hydrogen-bond donors (Lipinski definition) is 1. The molecule has 1 amide bonds. The number of nitrogens with zero attached hydrogens (tertiary/aromatic N) is 2. The van der Waals surface area contributed by atoms with E-state index in [2.05, 4.69) is 0 Å². The third-order valence-electron chi connectivity index (χ3n) is 2.84. The Morgan fingerprint density at radius 1 is 1.56 bits per heavy atom. The first kappa shape index (κ1) is 13.2. The third kappa shape index (κ3) is 2.61. The predicted octanol–water partition coefficient (Wildman–Crippen LogP) is 1.41. The molecule has 1 aromatic rings. The maximum absolute atomic E-state index is 12.2. The highest BCUT2D eigenvalue weighted by molar-refractivity contribution is 14.1. The third-order valence-corrected chi connectivity index (χ3v) is 3.78. The van der Waals surface area contributed by atoms with Crippen LogP contribution in [0, 0.1) is 13.7 Å². The van der Waals surface area contributed by atoms with Gasteiger partial charge in [-0.1, -0.05) is 0 Å². The summed E-state index contributed by atoms with van der Waals surface area (Å²) in [5.41, 5.74) is 0.220. The van der Waals surface area contributed by atoms with Gasteiger partial charge in [0.15, 0.2) is 0 Å². The number of halogens is 1. The maximum atomic E-state index is 12.2. The number of amides is 1. The number of aliphatic hydroxyl groups excluding tert-OH is 1. The highest BCUT2D eigenvalue weighted by atomic mass is 127. The van der Waals surface area contributed by atoms with Crippen LogP contribution in [0.2, 0.25) is 0 Å². The van der Waals surface area contributed by atoms with Crippen LogP contribution in [-0.2, 0) is 0 Å². The standard InChI is InChI=1S/C11H11IN2O4/c12-10-2-1-7(14(17)18)5-9(10)11(16)13-4-3-8(15)6-13/h1-2,5,8,15H,3-4,6H2. The van der Waals surface area contributed by atoms with Gasteiger partial charge in [0, 0.05) is 28.8 Å². The second-order valence-corrected chi connectivity index (χ2v) is 5.28. The number of nitro benzene ring substituents is 1. The van der Waals surface area contributed by atoms with Gasteiger partial charge in [-0.25, -0.2) is 0 Å². The fraction of sp³-hybridized carbons (Fsp3) is 0.364. The number of likely N-dealkylation sites (tertiary alicyclic amines) is 1. The molecule has 0 bridgehead atoms. The molecule has 7 heteroatoms. The molecule has 0 aliphatic carbocycles. The van der Waals surface area contributed by atoms with Gasteiger partial charge in [-0.05, 0) is 35.1 Å². The van der Waals surface area contributed by atoms with Gasteiger partial charge in [0.2, 0.25) is 0 Å². The zero-order valence-electron chi connectivity index (χ0n) is 9.38. The summed E-state index contributed by atoms with van der Waals surface area (Å²) < 4.78 is 0.671. The van der Waals surface area contributed by atoms with Crippen molar-refractivity contribution in [3.63, 3.8) is 0 Å². The first-order valence-electron chi connectivity index (χ1n) is 5.40. The van der Waals surface area contributed by atoms with Crippen LogP contribution in [-0.4, -0.2) is 40.0 Å². The zero-order valence-corrected chi connectivity index (χ0v) is 11.5. The molecule has 1 heterocycles. The van der Waals surface area contributed by atoms with Crippen LogP contribution in [0.4, 0.5) is 5.69 Å². The van der Waals surface area contributed by atoms with E-state index < -0.39 is 11.0 Å². The van der Waals surface area contributed by atoms with Crippen molar-refractivity contribution >= 4 is 34.2 Å². The highest BCUT2D eigenvalue weighted by Gasteiger charge is 2.27. The molecule has 1 aromatic carbocycles. The van der Waals surface area contributed by atoms with Gasteiger partial charge >= 0.3 is 0 Å². The Morgan fingerprint density at radius 3 is 2.83 bits per heavy atom. The van der Waals surface area contributed by atoms with Crippen LogP contribution < -0.4 is 0 Å². The summed E-state index contributed by atoms with van der Waals surface area (Å²) in [7, 11) is 0. The quantitative estimate of drug-likeness (QED) is 0.490. The smallest absolute Gasteiger partial charge is 0.270 e. The van der Waals surface area contributed by atoms with Gasteiger partial charge < -0.3 is 10.0 Å². The average Bonchev–Trinajstić information content (AvgIpc) is 2.75. The lowest BCUT2D eigenvalue weighted by Crippen LogP contribution is -2.30. The first-order valence-corrected chi connectivity index (χ1v) is 6.48. The van der Waals surface area contributed by atoms with E-state index in [-0.39, 0.29) is 18.1 Å². The van der Waals surface area contributed by atoms with Crippen molar-refractivity contribution in [2.75, 3.05) is 13.1 Å². The van der Waals surface area contributed by atoms with E-state index in [1.165, 1.54) is 17.0 Å². The molecule has 0 spiro atoms. The Balaban J connectivity index is 2.29. The number of β-amino-alcohol motifs (C(OH)–C–C–N with tert-alkyl or cyclic N) is 1. The molecular weight excluding hydrogens is 351 g/mol. The largest absolute Gasteiger partial charge is 0.391 e. The summed E-state index contributed by atoms with van der Waals surface area (Å²) in [4.78, 5) is 23.9. The number of benzene rings is 1. The molecule has 1 aliphatic heterocycles. The fourth-order valence-electron chi connectivity index (χ4n) is 1.89. The van der Waals surface area contributed by atoms with Crippen molar-refractivity contribution in [1.82, 2.24) is 4.90 Å². The lowest BCUT2D eigenvalue weighted by atomic mass is 10.2. The van der Waals surface area contributed by atoms with Crippen molar-refractivity contribution in [1.29, 1.82) is 0 Å². The molecule has 1 fully saturated rings. The second-order valence-electron chi connectivity index (χ2n) is 4.11. The molecule has 1 N–H and O–H groups in total. The van der Waals surface area contributed by atoms with Crippen LogP contribution in [0.3, 0.4) is 0 Å². The minimum Gasteiger partial charge on any atom is -0.391 e. The molecule has 1 saturated heterocycles. The Bertz CT molecular complexity index is 506. The maximum Gasteiger partial charge on any atom is 0.270 e. The van der Waals surface area contributed by atoms with Crippen molar-refractivity contribution in [3.05, 3.63) is 37.4 Å². The summed E-state index contributed by atoms with van der Waals surface area (Å²) >= 11 is 1.97. The monoisotopic (exact) mass is 362 g/mol. The summed E-state index contributed by atoms with van der Waals surface area (Å²) in [6.45, 7) is 0.774. The van der Waals surface area contributed by atoms with E-state index in [0.717, 1.165) is 0 Å². The van der Waals surface area contributed by atoms with E-state index in [1.807, 2.05) is 22.6 Å². The van der Waals surface area contributed by atoms with Crippen LogP contribution in [0.5, 0.6) is 0 Å². The molecule has 1 atom stereocenters. The van der Waals surface area contributed by atoms with Crippen LogP contribution in [0.1, 0.15) is 16.8 Å². The summed E-state index contributed by atoms with van der Waals surface area (Å²) in [5.74, 6) is -0.264. The van der Waals surface area contributed by atoms with Gasteiger partial charge in [0.1, 0.15) is 0 Å². The lowest BCUT2D eigenvalue weighted by Gasteiger charge is -2.16. The van der Waals surface area contributed by atoms with Crippen LogP contribution >= 0.6 is 22.6 Å². The molecule has 1 unspecified atom stereocenters. The minimum atomic E-state index is -0.522. The van der Waals surface area contributed by atoms with Crippen LogP contribution in [0.15, 0.2) is 18.2 Å². The number of nitro groups is 1. The highest BCUT2D eigenvalue weighted by Crippen LogP contribution is 2.22. The van der Waals surface area contributed by atoms with Gasteiger partial charge in [-0.3, -0.25) is 14.9 Å². The molecule has 0 aromatic heterocycles. The normalized spacial score (nSPS) is 19.0. The lowest BCUT2D eigenvalue weighted by molar-refractivity contribution is -0.384. The van der Waals surface area contributed by atoms with Gasteiger partial charge in [0.05, 0.1) is 16.6 Å². The van der Waals surface area contributed by atoms with E-state index >= 15 is 0 Å². The van der Waals surface area contributed by atoms with Crippen molar-refractivity contribution in [2.45, 2.75) is 12.5 Å². The Morgan fingerprint density at radius 2 is 2.28 bits per heavy atom. The van der Waals surface area contributed by atoms with Crippen molar-refractivity contribution < 1.29 is 14.8 Å².